The Bertz CT molecular complexity index is 427. The van der Waals surface area contributed by atoms with Crippen LogP contribution in [0, 0.1) is 0 Å². The highest BCUT2D eigenvalue weighted by atomic mass is 16.1. The van der Waals surface area contributed by atoms with Crippen molar-refractivity contribution in [1.82, 2.24) is 9.55 Å². The molecule has 1 aromatic rings. The summed E-state index contributed by atoms with van der Waals surface area (Å²) in [6.45, 7) is 8.56. The highest BCUT2D eigenvalue weighted by Gasteiger charge is 2.25. The molecule has 5 nitrogen and oxygen atoms in total. The van der Waals surface area contributed by atoms with Crippen LogP contribution in [0.1, 0.15) is 46.6 Å². The maximum Gasteiger partial charge on any atom is 0.293 e. The third-order valence-electron chi connectivity index (χ3n) is 3.55. The molecule has 0 aromatic carbocycles. The molecular weight excluding hydrogens is 228 g/mol. The quantitative estimate of drug-likeness (QED) is 0.809. The predicted octanol–water partition coefficient (Wildman–Crippen LogP) is 1.75. The maximum absolute atomic E-state index is 12.2. The van der Waals surface area contributed by atoms with E-state index in [2.05, 4.69) is 24.1 Å². The lowest BCUT2D eigenvalue weighted by molar-refractivity contribution is 0.441. The standard InChI is InChI=1S/C13H24N4O/c1-5-13(6-2,9-14)16-11-12(18)17(10(3)4)8-7-15-11/h7-8,10H,5-6,9,14H2,1-4H3,(H,15,16). The molecule has 0 aliphatic rings. The van der Waals surface area contributed by atoms with Crippen molar-refractivity contribution in [1.29, 1.82) is 0 Å². The Morgan fingerprint density at radius 3 is 2.50 bits per heavy atom. The molecule has 0 aliphatic carbocycles. The van der Waals surface area contributed by atoms with E-state index in [1.807, 2.05) is 13.8 Å². The van der Waals surface area contributed by atoms with Crippen LogP contribution in [0.4, 0.5) is 5.82 Å². The van der Waals surface area contributed by atoms with Gasteiger partial charge < -0.3 is 15.6 Å². The fourth-order valence-electron chi connectivity index (χ4n) is 1.93. The van der Waals surface area contributed by atoms with Crippen LogP contribution in [0.3, 0.4) is 0 Å². The first-order valence-electron chi connectivity index (χ1n) is 6.55. The molecule has 3 N–H and O–H groups in total. The first-order chi connectivity index (χ1) is 8.49. The van der Waals surface area contributed by atoms with Crippen LogP contribution in [-0.2, 0) is 0 Å². The molecule has 0 aliphatic heterocycles. The Morgan fingerprint density at radius 1 is 1.44 bits per heavy atom. The number of hydrogen-bond acceptors (Lipinski definition) is 4. The summed E-state index contributed by atoms with van der Waals surface area (Å²) in [6.07, 6.45) is 5.08. The zero-order valence-electron chi connectivity index (χ0n) is 11.7. The van der Waals surface area contributed by atoms with Gasteiger partial charge in [-0.1, -0.05) is 13.8 Å². The van der Waals surface area contributed by atoms with Gasteiger partial charge in [0.2, 0.25) is 0 Å². The van der Waals surface area contributed by atoms with Crippen molar-refractivity contribution in [3.8, 4) is 0 Å². The number of nitrogens with two attached hydrogens (primary N) is 1. The molecule has 0 radical (unpaired) electrons. The molecule has 0 unspecified atom stereocenters. The SMILES string of the molecule is CCC(CC)(CN)Nc1nccn(C(C)C)c1=O. The van der Waals surface area contributed by atoms with Crippen molar-refractivity contribution in [2.24, 2.45) is 5.73 Å². The van der Waals surface area contributed by atoms with Crippen LogP contribution in [0.25, 0.3) is 0 Å². The van der Waals surface area contributed by atoms with Crippen molar-refractivity contribution in [3.05, 3.63) is 22.7 Å². The summed E-state index contributed by atoms with van der Waals surface area (Å²) in [5.74, 6) is 0.389. The monoisotopic (exact) mass is 252 g/mol. The van der Waals surface area contributed by atoms with E-state index in [1.165, 1.54) is 0 Å². The Balaban J connectivity index is 3.12. The lowest BCUT2D eigenvalue weighted by Gasteiger charge is -2.31. The summed E-state index contributed by atoms with van der Waals surface area (Å²) in [7, 11) is 0. The summed E-state index contributed by atoms with van der Waals surface area (Å²) in [5.41, 5.74) is 5.49. The summed E-state index contributed by atoms with van der Waals surface area (Å²) >= 11 is 0. The first kappa shape index (κ1) is 14.7. The third kappa shape index (κ3) is 2.90. The normalized spacial score (nSPS) is 11.9. The number of hydrogen-bond donors (Lipinski definition) is 2. The Hall–Kier alpha value is -1.36. The Labute approximate surface area is 108 Å². The van der Waals surface area contributed by atoms with E-state index in [9.17, 15) is 4.79 Å². The van der Waals surface area contributed by atoms with Crippen molar-refractivity contribution in [2.45, 2.75) is 52.1 Å². The molecule has 1 rings (SSSR count). The van der Waals surface area contributed by atoms with Crippen LogP contribution in [0.5, 0.6) is 0 Å². The number of nitrogens with zero attached hydrogens (tertiary/aromatic N) is 2. The molecule has 0 fully saturated rings. The van der Waals surface area contributed by atoms with E-state index >= 15 is 0 Å². The van der Waals surface area contributed by atoms with Gasteiger partial charge in [0.25, 0.3) is 5.56 Å². The summed E-state index contributed by atoms with van der Waals surface area (Å²) in [5, 5.41) is 3.24. The second-order valence-electron chi connectivity index (χ2n) is 4.90. The number of nitrogens with one attached hydrogen (secondary N) is 1. The fourth-order valence-corrected chi connectivity index (χ4v) is 1.93. The van der Waals surface area contributed by atoms with Crippen LogP contribution in [0.2, 0.25) is 0 Å². The molecule has 0 bridgehead atoms. The summed E-state index contributed by atoms with van der Waals surface area (Å²) in [4.78, 5) is 16.4. The van der Waals surface area contributed by atoms with E-state index in [1.54, 1.807) is 17.0 Å². The van der Waals surface area contributed by atoms with Gasteiger partial charge in [0.05, 0.1) is 5.54 Å². The number of aromatic nitrogens is 2. The average molecular weight is 252 g/mol. The smallest absolute Gasteiger partial charge is 0.293 e. The lowest BCUT2D eigenvalue weighted by atomic mass is 9.93. The van der Waals surface area contributed by atoms with E-state index in [4.69, 9.17) is 5.73 Å². The van der Waals surface area contributed by atoms with Crippen LogP contribution >= 0.6 is 0 Å². The van der Waals surface area contributed by atoms with Gasteiger partial charge in [-0.05, 0) is 26.7 Å². The minimum absolute atomic E-state index is 0.0905. The van der Waals surface area contributed by atoms with Gasteiger partial charge in [0.1, 0.15) is 0 Å². The molecule has 0 saturated heterocycles. The van der Waals surface area contributed by atoms with Gasteiger partial charge >= 0.3 is 0 Å². The second kappa shape index (κ2) is 6.00. The third-order valence-corrected chi connectivity index (χ3v) is 3.55. The zero-order valence-corrected chi connectivity index (χ0v) is 11.7. The molecular formula is C13H24N4O. The first-order valence-corrected chi connectivity index (χ1v) is 6.55. The van der Waals surface area contributed by atoms with Crippen LogP contribution in [-0.4, -0.2) is 21.6 Å². The van der Waals surface area contributed by atoms with E-state index in [0.29, 0.717) is 12.4 Å². The van der Waals surface area contributed by atoms with Crippen molar-refractivity contribution in [2.75, 3.05) is 11.9 Å². The highest BCUT2D eigenvalue weighted by molar-refractivity contribution is 5.35. The van der Waals surface area contributed by atoms with Crippen LogP contribution < -0.4 is 16.6 Å². The van der Waals surface area contributed by atoms with Crippen molar-refractivity contribution < 1.29 is 0 Å². The minimum atomic E-state index is -0.248. The van der Waals surface area contributed by atoms with Crippen LogP contribution in [0.15, 0.2) is 17.2 Å². The molecule has 18 heavy (non-hydrogen) atoms. The maximum atomic E-state index is 12.2. The van der Waals surface area contributed by atoms with E-state index in [-0.39, 0.29) is 17.1 Å². The van der Waals surface area contributed by atoms with Gasteiger partial charge in [-0.2, -0.15) is 0 Å². The summed E-state index contributed by atoms with van der Waals surface area (Å²) in [6, 6.07) is 0.122. The molecule has 1 heterocycles. The average Bonchev–Trinajstić information content (AvgIpc) is 2.38. The largest absolute Gasteiger partial charge is 0.359 e. The molecule has 102 valence electrons. The summed E-state index contributed by atoms with van der Waals surface area (Å²) < 4.78 is 1.67. The molecule has 1 aromatic heterocycles. The highest BCUT2D eigenvalue weighted by Crippen LogP contribution is 2.18. The minimum Gasteiger partial charge on any atom is -0.359 e. The molecule has 0 amide bonds. The Kier molecular flexibility index (Phi) is 4.90. The van der Waals surface area contributed by atoms with E-state index < -0.39 is 0 Å². The zero-order chi connectivity index (χ0) is 13.8. The van der Waals surface area contributed by atoms with Gasteiger partial charge in [-0.15, -0.1) is 0 Å². The van der Waals surface area contributed by atoms with E-state index in [0.717, 1.165) is 12.8 Å². The second-order valence-corrected chi connectivity index (χ2v) is 4.90. The molecule has 5 heteroatoms. The molecule has 0 spiro atoms. The van der Waals surface area contributed by atoms with Gasteiger partial charge in [-0.3, -0.25) is 4.79 Å². The van der Waals surface area contributed by atoms with Gasteiger partial charge in [0.15, 0.2) is 5.82 Å². The number of anilines is 1. The van der Waals surface area contributed by atoms with Gasteiger partial charge in [0, 0.05) is 25.0 Å². The molecule has 0 atom stereocenters. The molecule has 0 saturated carbocycles. The fraction of sp³-hybridized carbons (Fsp3) is 0.692. The lowest BCUT2D eigenvalue weighted by Crippen LogP contribution is -2.46. The van der Waals surface area contributed by atoms with Crippen molar-refractivity contribution >= 4 is 5.82 Å². The topological polar surface area (TPSA) is 72.9 Å². The number of rotatable bonds is 6. The predicted molar refractivity (Wildman–Crippen MR) is 74.9 cm³/mol. The van der Waals surface area contributed by atoms with Gasteiger partial charge in [-0.25, -0.2) is 4.98 Å². The Morgan fingerprint density at radius 2 is 2.06 bits per heavy atom. The van der Waals surface area contributed by atoms with Crippen molar-refractivity contribution in [3.63, 3.8) is 0 Å².